The average molecular weight is 75.1 g/mol. The van der Waals surface area contributed by atoms with E-state index >= 15 is 0 Å². The van der Waals surface area contributed by atoms with Crippen molar-refractivity contribution in [2.75, 3.05) is 0 Å². The van der Waals surface area contributed by atoms with Gasteiger partial charge in [0.05, 0.1) is 0 Å². The molecule has 0 atom stereocenters. The fourth-order valence-corrected chi connectivity index (χ4v) is 0. The SMILES string of the molecule is CC(C)=[NH2+].[OH-]. The Labute approximate surface area is 31.6 Å². The Hall–Kier alpha value is -0.370. The lowest BCUT2D eigenvalue weighted by Crippen LogP contribution is -2.34. The molecule has 0 saturated heterocycles. The van der Waals surface area contributed by atoms with Crippen molar-refractivity contribution in [3.63, 3.8) is 0 Å². The topological polar surface area (TPSA) is 55.6 Å². The Morgan fingerprint density at radius 3 is 1.40 bits per heavy atom. The van der Waals surface area contributed by atoms with E-state index in [1.807, 2.05) is 13.8 Å². The molecule has 0 aromatic carbocycles. The molecule has 0 saturated carbocycles. The molecule has 0 aromatic rings. The van der Waals surface area contributed by atoms with E-state index in [2.05, 4.69) is 0 Å². The molecule has 0 spiro atoms. The Morgan fingerprint density at radius 2 is 1.40 bits per heavy atom. The second kappa shape index (κ2) is 3.63. The lowest BCUT2D eigenvalue weighted by atomic mass is 10.5. The number of nitrogens with two attached hydrogens (primary N) is 1. The van der Waals surface area contributed by atoms with E-state index in [1.54, 1.807) is 0 Å². The zero-order chi connectivity index (χ0) is 3.58. The molecule has 0 aliphatic carbocycles. The maximum Gasteiger partial charge on any atom is 0.142 e. The van der Waals surface area contributed by atoms with E-state index in [0.717, 1.165) is 5.71 Å². The molecule has 2 heteroatoms. The van der Waals surface area contributed by atoms with Crippen molar-refractivity contribution in [3.05, 3.63) is 0 Å². The Balaban J connectivity index is 0. The van der Waals surface area contributed by atoms with Gasteiger partial charge in [-0.1, -0.05) is 0 Å². The van der Waals surface area contributed by atoms with Crippen LogP contribution >= 0.6 is 0 Å². The van der Waals surface area contributed by atoms with Gasteiger partial charge in [0.2, 0.25) is 0 Å². The van der Waals surface area contributed by atoms with Crippen LogP contribution in [0.1, 0.15) is 13.8 Å². The van der Waals surface area contributed by atoms with Crippen LogP contribution in [0.2, 0.25) is 0 Å². The third-order valence-corrected chi connectivity index (χ3v) is 0. The van der Waals surface area contributed by atoms with Crippen molar-refractivity contribution in [1.29, 1.82) is 0 Å². The average Bonchev–Trinajstić information content (AvgIpc) is 0.811. The van der Waals surface area contributed by atoms with E-state index in [-0.39, 0.29) is 5.48 Å². The molecule has 0 rings (SSSR count). The standard InChI is InChI=1S/C3H7N.H2O/c1-3(2)4;/h4H,1-2H3;1H2. The van der Waals surface area contributed by atoms with E-state index in [0.29, 0.717) is 0 Å². The van der Waals surface area contributed by atoms with Gasteiger partial charge in [-0.25, -0.2) is 0 Å². The van der Waals surface area contributed by atoms with Crippen LogP contribution in [0.4, 0.5) is 0 Å². The third-order valence-electron chi connectivity index (χ3n) is 0. The Morgan fingerprint density at radius 1 is 1.40 bits per heavy atom. The molecule has 0 amide bonds. The van der Waals surface area contributed by atoms with Crippen molar-refractivity contribution in [2.45, 2.75) is 13.8 Å². The fourth-order valence-electron chi connectivity index (χ4n) is 0. The van der Waals surface area contributed by atoms with Crippen molar-refractivity contribution in [3.8, 4) is 0 Å². The van der Waals surface area contributed by atoms with Crippen molar-refractivity contribution in [2.24, 2.45) is 0 Å². The lowest BCUT2D eigenvalue weighted by Gasteiger charge is -1.54. The summed E-state index contributed by atoms with van der Waals surface area (Å²) in [7, 11) is 0. The smallest absolute Gasteiger partial charge is 0.142 e. The fraction of sp³-hybridized carbons (Fsp3) is 0.667. The van der Waals surface area contributed by atoms with Crippen LogP contribution < -0.4 is 5.41 Å². The molecular weight excluding hydrogens is 66.0 g/mol. The molecular formula is C3H9NO. The van der Waals surface area contributed by atoms with Gasteiger partial charge in [0.1, 0.15) is 5.71 Å². The number of rotatable bonds is 0. The Bertz CT molecular complexity index is 29.9. The summed E-state index contributed by atoms with van der Waals surface area (Å²) in [6.45, 7) is 3.72. The summed E-state index contributed by atoms with van der Waals surface area (Å²) in [6.07, 6.45) is 0. The predicted octanol–water partition coefficient (Wildman–Crippen LogP) is -0.950. The largest absolute Gasteiger partial charge is 0.870 e. The minimum atomic E-state index is 0. The second-order valence-corrected chi connectivity index (χ2v) is 1.08. The highest BCUT2D eigenvalue weighted by Gasteiger charge is 1.64. The van der Waals surface area contributed by atoms with Gasteiger partial charge in [0.15, 0.2) is 0 Å². The van der Waals surface area contributed by atoms with E-state index in [4.69, 9.17) is 5.41 Å². The summed E-state index contributed by atoms with van der Waals surface area (Å²) in [4.78, 5) is 0. The number of hydrogen-bond donors (Lipinski definition) is 1. The first-order valence-corrected chi connectivity index (χ1v) is 1.29. The van der Waals surface area contributed by atoms with E-state index in [1.165, 1.54) is 0 Å². The molecule has 0 unspecified atom stereocenters. The first-order chi connectivity index (χ1) is 1.73. The van der Waals surface area contributed by atoms with Crippen molar-refractivity contribution >= 4 is 5.71 Å². The molecule has 0 bridgehead atoms. The molecule has 2 nitrogen and oxygen atoms in total. The first kappa shape index (κ1) is 8.82. The van der Waals surface area contributed by atoms with Gasteiger partial charge >= 0.3 is 0 Å². The zero-order valence-corrected chi connectivity index (χ0v) is 3.52. The Kier molecular flexibility index (Phi) is 6.40. The summed E-state index contributed by atoms with van der Waals surface area (Å²) >= 11 is 0. The quantitative estimate of drug-likeness (QED) is 0.371. The van der Waals surface area contributed by atoms with E-state index in [9.17, 15) is 0 Å². The zero-order valence-electron chi connectivity index (χ0n) is 3.52. The summed E-state index contributed by atoms with van der Waals surface area (Å²) in [6, 6.07) is 0. The molecule has 0 fully saturated rings. The molecule has 0 radical (unpaired) electrons. The highest BCUT2D eigenvalue weighted by molar-refractivity contribution is 5.72. The first-order valence-electron chi connectivity index (χ1n) is 1.29. The maximum atomic E-state index is 5.03. The van der Waals surface area contributed by atoms with Gasteiger partial charge in [-0.3, -0.25) is 5.41 Å². The van der Waals surface area contributed by atoms with Gasteiger partial charge in [-0.05, 0) is 0 Å². The summed E-state index contributed by atoms with van der Waals surface area (Å²) in [5.74, 6) is 0. The van der Waals surface area contributed by atoms with Crippen molar-refractivity contribution < 1.29 is 10.9 Å². The molecule has 0 aliphatic rings. The molecule has 32 valence electrons. The van der Waals surface area contributed by atoms with Gasteiger partial charge in [-0.2, -0.15) is 0 Å². The second-order valence-electron chi connectivity index (χ2n) is 1.08. The van der Waals surface area contributed by atoms with Crippen LogP contribution in [0, 0.1) is 0 Å². The molecule has 0 heterocycles. The maximum absolute atomic E-state index is 5.03. The van der Waals surface area contributed by atoms with E-state index < -0.39 is 0 Å². The number of hydrogen-bond acceptors (Lipinski definition) is 1. The van der Waals surface area contributed by atoms with Crippen LogP contribution in [0.3, 0.4) is 0 Å². The van der Waals surface area contributed by atoms with Crippen LogP contribution in [-0.2, 0) is 0 Å². The van der Waals surface area contributed by atoms with Gasteiger partial charge < -0.3 is 5.48 Å². The summed E-state index contributed by atoms with van der Waals surface area (Å²) in [5.41, 5.74) is 0.917. The predicted molar refractivity (Wildman–Crippen MR) is 20.2 cm³/mol. The van der Waals surface area contributed by atoms with Gasteiger partial charge in [-0.15, -0.1) is 0 Å². The molecule has 3 N–H and O–H groups in total. The van der Waals surface area contributed by atoms with Crippen molar-refractivity contribution in [1.82, 2.24) is 0 Å². The van der Waals surface area contributed by atoms with Crippen LogP contribution in [-0.4, -0.2) is 11.2 Å². The lowest BCUT2D eigenvalue weighted by molar-refractivity contribution is -0.114. The molecule has 0 aromatic heterocycles. The van der Waals surface area contributed by atoms with Crippen LogP contribution in [0.5, 0.6) is 0 Å². The molecule has 5 heavy (non-hydrogen) atoms. The monoisotopic (exact) mass is 75.1 g/mol. The molecule has 0 aliphatic heterocycles. The highest BCUT2D eigenvalue weighted by atomic mass is 16.0. The van der Waals surface area contributed by atoms with Crippen LogP contribution in [0.25, 0.3) is 0 Å². The minimum Gasteiger partial charge on any atom is -0.870 e. The third kappa shape index (κ3) is 70.4. The van der Waals surface area contributed by atoms with Gasteiger partial charge in [0.25, 0.3) is 0 Å². The summed E-state index contributed by atoms with van der Waals surface area (Å²) < 4.78 is 0. The summed E-state index contributed by atoms with van der Waals surface area (Å²) in [5, 5.41) is 5.03. The van der Waals surface area contributed by atoms with Crippen LogP contribution in [0.15, 0.2) is 0 Å². The minimum absolute atomic E-state index is 0. The highest BCUT2D eigenvalue weighted by Crippen LogP contribution is 1.43. The normalized spacial score (nSPS) is 5.20. The van der Waals surface area contributed by atoms with Gasteiger partial charge in [0, 0.05) is 13.8 Å².